The molecule has 226 valence electrons. The average Bonchev–Trinajstić information content (AvgIpc) is 3.39. The minimum absolute atomic E-state index is 0.0162. The highest BCUT2D eigenvalue weighted by Gasteiger charge is 2.23. The molecule has 1 fully saturated rings. The Labute approximate surface area is 262 Å². The normalized spacial score (nSPS) is 14.2. The van der Waals surface area contributed by atoms with Gasteiger partial charge in [0, 0.05) is 37.8 Å². The number of hydrogen-bond acceptors (Lipinski definition) is 6. The SMILES string of the molecule is NS(=O)(=O)c1ccc(-c2nc(CC(=O)N(CCC3CCOCC3)CCC(c3ccccc3)c3ccccc3)sc2Cl)cc1. The zero-order chi connectivity index (χ0) is 30.2. The minimum Gasteiger partial charge on any atom is -0.381 e. The number of halogens is 1. The number of hydrogen-bond donors (Lipinski definition) is 1. The van der Waals surface area contributed by atoms with Gasteiger partial charge in [0.2, 0.25) is 15.9 Å². The summed E-state index contributed by atoms with van der Waals surface area (Å²) in [6, 6.07) is 27.0. The first-order valence-corrected chi connectivity index (χ1v) is 17.3. The van der Waals surface area contributed by atoms with Crippen molar-refractivity contribution in [3.8, 4) is 11.3 Å². The fourth-order valence-electron chi connectivity index (χ4n) is 5.56. The molecule has 4 aromatic rings. The van der Waals surface area contributed by atoms with Gasteiger partial charge in [-0.15, -0.1) is 11.3 Å². The van der Waals surface area contributed by atoms with Gasteiger partial charge in [-0.25, -0.2) is 18.5 Å². The first-order valence-electron chi connectivity index (χ1n) is 14.5. The lowest BCUT2D eigenvalue weighted by atomic mass is 9.88. The molecule has 0 radical (unpaired) electrons. The van der Waals surface area contributed by atoms with Crippen LogP contribution in [0.15, 0.2) is 89.8 Å². The maximum absolute atomic E-state index is 13.8. The number of ether oxygens (including phenoxy) is 1. The standard InChI is InChI=1S/C33H36ClN3O4S2/c34-33-32(27-11-13-28(14-12-27)43(35,39)40)36-30(42-33)23-31(38)37(19-15-24-17-21-41-22-18-24)20-16-29(25-7-3-1-4-8-25)26-9-5-2-6-10-26/h1-14,24,29H,15-23H2,(H2,35,39,40). The third-order valence-corrected chi connectivity index (χ3v) is 10.2. The van der Waals surface area contributed by atoms with Gasteiger partial charge in [-0.1, -0.05) is 84.4 Å². The van der Waals surface area contributed by atoms with Crippen LogP contribution in [0.4, 0.5) is 0 Å². The van der Waals surface area contributed by atoms with Crippen molar-refractivity contribution in [3.63, 3.8) is 0 Å². The van der Waals surface area contributed by atoms with Crippen molar-refractivity contribution < 1.29 is 17.9 Å². The molecule has 2 heterocycles. The molecule has 0 bridgehead atoms. The zero-order valence-corrected chi connectivity index (χ0v) is 26.3. The van der Waals surface area contributed by atoms with E-state index >= 15 is 0 Å². The van der Waals surface area contributed by atoms with Crippen LogP contribution in [0, 0.1) is 5.92 Å². The molecule has 0 atom stereocenters. The summed E-state index contributed by atoms with van der Waals surface area (Å²) in [5.41, 5.74) is 3.65. The molecule has 0 saturated carbocycles. The fourth-order valence-corrected chi connectivity index (χ4v) is 7.29. The Morgan fingerprint density at radius 2 is 1.56 bits per heavy atom. The molecular formula is C33H36ClN3O4S2. The maximum atomic E-state index is 13.8. The van der Waals surface area contributed by atoms with Crippen LogP contribution >= 0.6 is 22.9 Å². The van der Waals surface area contributed by atoms with Crippen LogP contribution in [0.1, 0.15) is 47.7 Å². The van der Waals surface area contributed by atoms with E-state index in [1.54, 1.807) is 12.1 Å². The van der Waals surface area contributed by atoms with Crippen molar-refractivity contribution in [1.82, 2.24) is 9.88 Å². The molecule has 10 heteroatoms. The Bertz CT molecular complexity index is 1550. The van der Waals surface area contributed by atoms with Gasteiger partial charge in [-0.05, 0) is 54.9 Å². The van der Waals surface area contributed by atoms with E-state index in [0.29, 0.717) is 39.6 Å². The van der Waals surface area contributed by atoms with Gasteiger partial charge < -0.3 is 9.64 Å². The van der Waals surface area contributed by atoms with Crippen molar-refractivity contribution in [3.05, 3.63) is 105 Å². The van der Waals surface area contributed by atoms with Crippen molar-refractivity contribution in [1.29, 1.82) is 0 Å². The summed E-state index contributed by atoms with van der Waals surface area (Å²) < 4.78 is 29.3. The van der Waals surface area contributed by atoms with E-state index < -0.39 is 10.0 Å². The van der Waals surface area contributed by atoms with E-state index in [4.69, 9.17) is 21.5 Å². The molecule has 3 aromatic carbocycles. The van der Waals surface area contributed by atoms with Crippen molar-refractivity contribution >= 4 is 38.9 Å². The number of nitrogens with two attached hydrogens (primary N) is 1. The Balaban J connectivity index is 1.33. The van der Waals surface area contributed by atoms with Crippen molar-refractivity contribution in [2.75, 3.05) is 26.3 Å². The quantitative estimate of drug-likeness (QED) is 0.191. The highest BCUT2D eigenvalue weighted by atomic mass is 35.5. The molecule has 43 heavy (non-hydrogen) atoms. The first kappa shape index (κ1) is 31.3. The fraction of sp³-hybridized carbons (Fsp3) is 0.333. The predicted molar refractivity (Wildman–Crippen MR) is 172 cm³/mol. The Morgan fingerprint density at radius 3 is 2.14 bits per heavy atom. The number of carbonyl (C=O) groups is 1. The van der Waals surface area contributed by atoms with E-state index in [0.717, 1.165) is 38.9 Å². The third-order valence-electron chi connectivity index (χ3n) is 7.98. The summed E-state index contributed by atoms with van der Waals surface area (Å²) in [6.07, 6.45) is 3.93. The number of aromatic nitrogens is 1. The molecule has 0 aliphatic carbocycles. The monoisotopic (exact) mass is 637 g/mol. The molecule has 2 N–H and O–H groups in total. The highest BCUT2D eigenvalue weighted by molar-refractivity contribution is 7.89. The van der Waals surface area contributed by atoms with Gasteiger partial charge in [0.25, 0.3) is 0 Å². The van der Waals surface area contributed by atoms with Gasteiger partial charge in [-0.2, -0.15) is 0 Å². The molecule has 1 aliphatic heterocycles. The van der Waals surface area contributed by atoms with E-state index in [9.17, 15) is 13.2 Å². The highest BCUT2D eigenvalue weighted by Crippen LogP contribution is 2.34. The summed E-state index contributed by atoms with van der Waals surface area (Å²) in [5.74, 6) is 0.736. The van der Waals surface area contributed by atoms with Crippen LogP contribution < -0.4 is 5.14 Å². The number of carbonyl (C=O) groups excluding carboxylic acids is 1. The van der Waals surface area contributed by atoms with Gasteiger partial charge >= 0.3 is 0 Å². The second-order valence-electron chi connectivity index (χ2n) is 10.9. The summed E-state index contributed by atoms with van der Waals surface area (Å²) >= 11 is 7.83. The number of rotatable bonds is 12. The van der Waals surface area contributed by atoms with E-state index in [1.165, 1.54) is 34.6 Å². The lowest BCUT2D eigenvalue weighted by molar-refractivity contribution is -0.130. The van der Waals surface area contributed by atoms with Crippen LogP contribution in [0.3, 0.4) is 0 Å². The van der Waals surface area contributed by atoms with Crippen LogP contribution in [-0.4, -0.2) is 50.5 Å². The van der Waals surface area contributed by atoms with Gasteiger partial charge in [0.05, 0.1) is 11.3 Å². The molecular weight excluding hydrogens is 602 g/mol. The molecule has 0 unspecified atom stereocenters. The number of amides is 1. The summed E-state index contributed by atoms with van der Waals surface area (Å²) in [7, 11) is -3.80. The Hall–Kier alpha value is -3.08. The van der Waals surface area contributed by atoms with E-state index in [-0.39, 0.29) is 23.1 Å². The van der Waals surface area contributed by atoms with Crippen LogP contribution in [0.2, 0.25) is 4.34 Å². The molecule has 1 amide bonds. The minimum atomic E-state index is -3.80. The first-order chi connectivity index (χ1) is 20.8. The largest absolute Gasteiger partial charge is 0.381 e. The molecule has 1 saturated heterocycles. The molecule has 1 aromatic heterocycles. The average molecular weight is 638 g/mol. The number of primary sulfonamides is 1. The summed E-state index contributed by atoms with van der Waals surface area (Å²) in [6.45, 7) is 2.86. The number of nitrogens with zero attached hydrogens (tertiary/aromatic N) is 2. The summed E-state index contributed by atoms with van der Waals surface area (Å²) in [5, 5.41) is 5.85. The zero-order valence-electron chi connectivity index (χ0n) is 23.9. The van der Waals surface area contributed by atoms with Gasteiger partial charge in [-0.3, -0.25) is 4.79 Å². The lowest BCUT2D eigenvalue weighted by Crippen LogP contribution is -2.36. The topological polar surface area (TPSA) is 103 Å². The van der Waals surface area contributed by atoms with Gasteiger partial charge in [0.15, 0.2) is 0 Å². The molecule has 5 rings (SSSR count). The smallest absolute Gasteiger partial charge is 0.238 e. The Morgan fingerprint density at radius 1 is 0.953 bits per heavy atom. The summed E-state index contributed by atoms with van der Waals surface area (Å²) in [4.78, 5) is 20.5. The van der Waals surface area contributed by atoms with Crippen LogP contribution in [0.25, 0.3) is 11.3 Å². The van der Waals surface area contributed by atoms with Crippen LogP contribution in [0.5, 0.6) is 0 Å². The molecule has 1 aliphatic rings. The van der Waals surface area contributed by atoms with Crippen LogP contribution in [-0.2, 0) is 26.0 Å². The second-order valence-corrected chi connectivity index (χ2v) is 14.1. The van der Waals surface area contributed by atoms with E-state index in [1.807, 2.05) is 17.0 Å². The Kier molecular flexibility index (Phi) is 10.6. The van der Waals surface area contributed by atoms with Gasteiger partial charge in [0.1, 0.15) is 15.0 Å². The van der Waals surface area contributed by atoms with Crippen molar-refractivity contribution in [2.45, 2.75) is 42.9 Å². The number of sulfonamides is 1. The maximum Gasteiger partial charge on any atom is 0.238 e. The third kappa shape index (κ3) is 8.52. The molecule has 7 nitrogen and oxygen atoms in total. The number of thiazole rings is 1. The number of benzene rings is 3. The van der Waals surface area contributed by atoms with Crippen molar-refractivity contribution in [2.24, 2.45) is 11.1 Å². The second kappa shape index (κ2) is 14.6. The lowest BCUT2D eigenvalue weighted by Gasteiger charge is -2.29. The van der Waals surface area contributed by atoms with E-state index in [2.05, 4.69) is 53.5 Å². The molecule has 0 spiro atoms. The predicted octanol–water partition coefficient (Wildman–Crippen LogP) is 6.52.